The molecule has 0 amide bonds. The second-order valence-electron chi connectivity index (χ2n) is 6.81. The monoisotopic (exact) mass is 281 g/mol. The average molecular weight is 281 g/mol. The molecule has 0 saturated carbocycles. The quantitative estimate of drug-likeness (QED) is 0.723. The summed E-state index contributed by atoms with van der Waals surface area (Å²) in [5, 5.41) is 1.21. The Labute approximate surface area is 123 Å². The molecule has 2 aromatic rings. The van der Waals surface area contributed by atoms with E-state index in [1.165, 1.54) is 45.0 Å². The molecule has 4 rings (SSSR count). The van der Waals surface area contributed by atoms with E-state index in [-0.39, 0.29) is 5.41 Å². The SMILES string of the molecule is Cc1ccc2c(c1)C(C)(C)CC1C=c3ncsc3=C2C1. The molecule has 2 bridgehead atoms. The molecule has 0 N–H and O–H groups in total. The number of fused-ring (bicyclic) bond motifs is 5. The summed E-state index contributed by atoms with van der Waals surface area (Å²) in [7, 11) is 0. The summed E-state index contributed by atoms with van der Waals surface area (Å²) < 4.78 is 1.39. The topological polar surface area (TPSA) is 12.9 Å². The zero-order valence-corrected chi connectivity index (χ0v) is 13.1. The Kier molecular flexibility index (Phi) is 2.50. The summed E-state index contributed by atoms with van der Waals surface area (Å²) in [6.07, 6.45) is 4.79. The highest BCUT2D eigenvalue weighted by Crippen LogP contribution is 2.43. The highest BCUT2D eigenvalue weighted by molar-refractivity contribution is 7.07. The maximum atomic E-state index is 4.56. The minimum absolute atomic E-state index is 0.235. The number of rotatable bonds is 0. The number of hydrogen-bond acceptors (Lipinski definition) is 2. The fourth-order valence-electron chi connectivity index (χ4n) is 3.85. The first-order valence-electron chi connectivity index (χ1n) is 7.31. The van der Waals surface area contributed by atoms with Gasteiger partial charge in [0.25, 0.3) is 0 Å². The minimum Gasteiger partial charge on any atom is -0.245 e. The van der Waals surface area contributed by atoms with Gasteiger partial charge in [-0.25, -0.2) is 4.98 Å². The van der Waals surface area contributed by atoms with E-state index in [2.05, 4.69) is 50.0 Å². The van der Waals surface area contributed by atoms with Crippen molar-refractivity contribution in [3.8, 4) is 0 Å². The van der Waals surface area contributed by atoms with Crippen LogP contribution in [0.2, 0.25) is 0 Å². The van der Waals surface area contributed by atoms with E-state index >= 15 is 0 Å². The van der Waals surface area contributed by atoms with Gasteiger partial charge in [-0.2, -0.15) is 0 Å². The highest BCUT2D eigenvalue weighted by Gasteiger charge is 2.33. The number of hydrogen-bond donors (Lipinski definition) is 0. The van der Waals surface area contributed by atoms with E-state index in [0.29, 0.717) is 5.92 Å². The normalized spacial score (nSPS) is 22.6. The molecule has 20 heavy (non-hydrogen) atoms. The molecule has 1 aromatic heterocycles. The Morgan fingerprint density at radius 1 is 1.30 bits per heavy atom. The van der Waals surface area contributed by atoms with Gasteiger partial charge in [-0.3, -0.25) is 0 Å². The predicted molar refractivity (Wildman–Crippen MR) is 85.3 cm³/mol. The van der Waals surface area contributed by atoms with Crippen LogP contribution >= 0.6 is 11.3 Å². The number of nitrogens with zero attached hydrogens (tertiary/aromatic N) is 1. The van der Waals surface area contributed by atoms with Gasteiger partial charge in [0.2, 0.25) is 0 Å². The molecular weight excluding hydrogens is 262 g/mol. The van der Waals surface area contributed by atoms with Crippen LogP contribution in [0.5, 0.6) is 0 Å². The summed E-state index contributed by atoms with van der Waals surface area (Å²) in [6.45, 7) is 6.98. The zero-order valence-electron chi connectivity index (χ0n) is 12.2. The first kappa shape index (κ1) is 12.3. The van der Waals surface area contributed by atoms with Crippen molar-refractivity contribution in [2.75, 3.05) is 0 Å². The smallest absolute Gasteiger partial charge is 0.0805 e. The van der Waals surface area contributed by atoms with E-state index in [4.69, 9.17) is 0 Å². The summed E-state index contributed by atoms with van der Waals surface area (Å²) in [5.41, 5.74) is 8.09. The molecule has 2 aliphatic rings. The zero-order chi connectivity index (χ0) is 13.9. The van der Waals surface area contributed by atoms with E-state index < -0.39 is 0 Å². The first-order valence-corrected chi connectivity index (χ1v) is 8.18. The van der Waals surface area contributed by atoms with Crippen LogP contribution in [0.4, 0.5) is 0 Å². The fourth-order valence-corrected chi connectivity index (χ4v) is 4.70. The van der Waals surface area contributed by atoms with Crippen LogP contribution in [0.15, 0.2) is 23.7 Å². The van der Waals surface area contributed by atoms with Crippen molar-refractivity contribution in [1.29, 1.82) is 0 Å². The fraction of sp³-hybridized carbons (Fsp3) is 0.389. The van der Waals surface area contributed by atoms with Gasteiger partial charge in [0, 0.05) is 0 Å². The lowest BCUT2D eigenvalue weighted by atomic mass is 9.77. The molecule has 1 nitrogen and oxygen atoms in total. The molecule has 102 valence electrons. The van der Waals surface area contributed by atoms with Crippen LogP contribution in [-0.2, 0) is 5.41 Å². The van der Waals surface area contributed by atoms with Crippen molar-refractivity contribution in [2.24, 2.45) is 5.92 Å². The van der Waals surface area contributed by atoms with Gasteiger partial charge in [-0.15, -0.1) is 11.3 Å². The Morgan fingerprint density at radius 3 is 3.00 bits per heavy atom. The van der Waals surface area contributed by atoms with Crippen molar-refractivity contribution in [3.63, 3.8) is 0 Å². The standard InChI is InChI=1S/C18H19NS/c1-11-4-5-13-14-7-12(8-16-17(14)20-10-19-16)9-18(2,3)15(13)6-11/h4-6,8,10,12H,7,9H2,1-3H3. The lowest BCUT2D eigenvalue weighted by molar-refractivity contribution is 0.428. The van der Waals surface area contributed by atoms with Crippen LogP contribution in [0.1, 0.15) is 43.4 Å². The van der Waals surface area contributed by atoms with Gasteiger partial charge in [0.1, 0.15) is 0 Å². The van der Waals surface area contributed by atoms with Crippen molar-refractivity contribution in [1.82, 2.24) is 4.98 Å². The lowest BCUT2D eigenvalue weighted by Gasteiger charge is -2.27. The Morgan fingerprint density at radius 2 is 2.15 bits per heavy atom. The molecule has 1 unspecified atom stereocenters. The predicted octanol–water partition coefficient (Wildman–Crippen LogP) is 3.13. The minimum atomic E-state index is 0.235. The van der Waals surface area contributed by atoms with E-state index in [1.807, 2.05) is 5.51 Å². The molecule has 1 atom stereocenters. The molecule has 1 heterocycles. The van der Waals surface area contributed by atoms with Gasteiger partial charge in [0.05, 0.1) is 15.4 Å². The molecule has 0 fully saturated rings. The molecule has 2 heteroatoms. The number of aromatic nitrogens is 1. The third-order valence-electron chi connectivity index (χ3n) is 4.73. The molecule has 0 spiro atoms. The van der Waals surface area contributed by atoms with Gasteiger partial charge >= 0.3 is 0 Å². The van der Waals surface area contributed by atoms with Gasteiger partial charge in [0.15, 0.2) is 0 Å². The maximum absolute atomic E-state index is 4.56. The number of benzene rings is 1. The molecule has 0 aliphatic heterocycles. The third-order valence-corrected chi connectivity index (χ3v) is 5.63. The number of thiazole rings is 1. The summed E-state index contributed by atoms with van der Waals surface area (Å²) in [4.78, 5) is 4.56. The second-order valence-corrected chi connectivity index (χ2v) is 7.67. The van der Waals surface area contributed by atoms with Crippen molar-refractivity contribution in [2.45, 2.75) is 39.0 Å². The second kappa shape index (κ2) is 4.05. The molecule has 0 radical (unpaired) electrons. The summed E-state index contributed by atoms with van der Waals surface area (Å²) in [5.74, 6) is 0.627. The van der Waals surface area contributed by atoms with Crippen LogP contribution in [-0.4, -0.2) is 4.98 Å². The van der Waals surface area contributed by atoms with Crippen molar-refractivity contribution >= 4 is 23.0 Å². The van der Waals surface area contributed by atoms with Crippen molar-refractivity contribution < 1.29 is 0 Å². The van der Waals surface area contributed by atoms with Gasteiger partial charge in [-0.05, 0) is 47.8 Å². The number of aryl methyl sites for hydroxylation is 1. The average Bonchev–Trinajstić information content (AvgIpc) is 2.82. The molecule has 0 saturated heterocycles. The molecule has 2 aliphatic carbocycles. The van der Waals surface area contributed by atoms with E-state index in [1.54, 1.807) is 11.3 Å². The van der Waals surface area contributed by atoms with Crippen LogP contribution in [0.3, 0.4) is 0 Å². The van der Waals surface area contributed by atoms with Gasteiger partial charge < -0.3 is 0 Å². The highest BCUT2D eigenvalue weighted by atomic mass is 32.1. The Hall–Kier alpha value is -1.41. The lowest BCUT2D eigenvalue weighted by Crippen LogP contribution is -2.29. The third kappa shape index (κ3) is 1.71. The van der Waals surface area contributed by atoms with Crippen LogP contribution in [0.25, 0.3) is 11.6 Å². The maximum Gasteiger partial charge on any atom is 0.0805 e. The Balaban J connectivity index is 2.14. The summed E-state index contributed by atoms with van der Waals surface area (Å²) in [6, 6.07) is 6.98. The molecule has 1 aromatic carbocycles. The van der Waals surface area contributed by atoms with E-state index in [9.17, 15) is 0 Å². The first-order chi connectivity index (χ1) is 9.54. The van der Waals surface area contributed by atoms with Crippen LogP contribution in [0, 0.1) is 12.8 Å². The van der Waals surface area contributed by atoms with Gasteiger partial charge in [-0.1, -0.05) is 43.7 Å². The Bertz CT molecular complexity index is 810. The van der Waals surface area contributed by atoms with Crippen molar-refractivity contribution in [3.05, 3.63) is 50.3 Å². The van der Waals surface area contributed by atoms with E-state index in [0.717, 1.165) is 0 Å². The largest absolute Gasteiger partial charge is 0.245 e. The molecular formula is C18H19NS. The summed E-state index contributed by atoms with van der Waals surface area (Å²) >= 11 is 1.79. The van der Waals surface area contributed by atoms with Crippen LogP contribution < -0.4 is 9.88 Å².